The molecule has 7 nitrogen and oxygen atoms in total. The first-order valence-electron chi connectivity index (χ1n) is 6.65. The lowest BCUT2D eigenvalue weighted by Crippen LogP contribution is -2.40. The van der Waals surface area contributed by atoms with Crippen LogP contribution in [0, 0.1) is 10.1 Å². The van der Waals surface area contributed by atoms with Crippen LogP contribution in [0.5, 0.6) is 0 Å². The van der Waals surface area contributed by atoms with Crippen molar-refractivity contribution in [1.29, 1.82) is 0 Å². The van der Waals surface area contributed by atoms with Crippen LogP contribution in [0.2, 0.25) is 0 Å². The minimum atomic E-state index is -0.417. The number of anilines is 2. The Labute approximate surface area is 117 Å². The van der Waals surface area contributed by atoms with Gasteiger partial charge in [0.1, 0.15) is 5.82 Å². The number of ether oxygens (including phenoxy) is 1. The van der Waals surface area contributed by atoms with Crippen molar-refractivity contribution in [3.8, 4) is 0 Å². The van der Waals surface area contributed by atoms with Crippen LogP contribution in [-0.2, 0) is 4.74 Å². The van der Waals surface area contributed by atoms with Crippen molar-refractivity contribution in [2.75, 3.05) is 24.3 Å². The summed E-state index contributed by atoms with van der Waals surface area (Å²) in [5.74, 6) is 0.911. The van der Waals surface area contributed by atoms with Crippen molar-refractivity contribution in [3.63, 3.8) is 0 Å². The standard InChI is InChI=1S/C13H20N4O3/c1-13(2)8-9(6-7-20-13)15-12-10(17(18)19)4-5-11(14-3)16-12/h4-5,9H,6-8H2,1-3H3,(H2,14,15,16). The molecule has 20 heavy (non-hydrogen) atoms. The molecule has 1 saturated heterocycles. The van der Waals surface area contributed by atoms with Crippen LogP contribution in [0.15, 0.2) is 12.1 Å². The van der Waals surface area contributed by atoms with E-state index in [-0.39, 0.29) is 17.3 Å². The van der Waals surface area contributed by atoms with Gasteiger partial charge in [0, 0.05) is 25.8 Å². The normalized spacial score (nSPS) is 21.2. The molecule has 1 unspecified atom stereocenters. The van der Waals surface area contributed by atoms with Gasteiger partial charge in [-0.3, -0.25) is 10.1 Å². The van der Waals surface area contributed by atoms with E-state index in [1.807, 2.05) is 13.8 Å². The van der Waals surface area contributed by atoms with Crippen LogP contribution >= 0.6 is 0 Å². The lowest BCUT2D eigenvalue weighted by molar-refractivity contribution is -0.384. The Morgan fingerprint density at radius 3 is 2.85 bits per heavy atom. The fourth-order valence-electron chi connectivity index (χ4n) is 2.39. The number of pyridine rings is 1. The van der Waals surface area contributed by atoms with Crippen molar-refractivity contribution in [3.05, 3.63) is 22.2 Å². The molecule has 1 aliphatic rings. The summed E-state index contributed by atoms with van der Waals surface area (Å²) >= 11 is 0. The third-order valence-corrected chi connectivity index (χ3v) is 3.36. The van der Waals surface area contributed by atoms with Crippen molar-refractivity contribution in [1.82, 2.24) is 4.98 Å². The first-order valence-corrected chi connectivity index (χ1v) is 6.65. The minimum Gasteiger partial charge on any atom is -0.375 e. The summed E-state index contributed by atoms with van der Waals surface area (Å²) in [6.45, 7) is 4.68. The Balaban J connectivity index is 2.20. The summed E-state index contributed by atoms with van der Waals surface area (Å²) in [5.41, 5.74) is -0.223. The van der Waals surface area contributed by atoms with Crippen LogP contribution in [0.1, 0.15) is 26.7 Å². The number of aromatic nitrogens is 1. The Morgan fingerprint density at radius 1 is 1.50 bits per heavy atom. The molecule has 1 fully saturated rings. The van der Waals surface area contributed by atoms with Gasteiger partial charge in [-0.2, -0.15) is 0 Å². The maximum Gasteiger partial charge on any atom is 0.311 e. The molecule has 2 heterocycles. The Hall–Kier alpha value is -1.89. The average Bonchev–Trinajstić information content (AvgIpc) is 2.37. The number of nitrogens with zero attached hydrogens (tertiary/aromatic N) is 2. The molecule has 110 valence electrons. The first kappa shape index (κ1) is 14.5. The molecule has 7 heteroatoms. The van der Waals surface area contributed by atoms with Gasteiger partial charge in [-0.15, -0.1) is 0 Å². The fraction of sp³-hybridized carbons (Fsp3) is 0.615. The maximum absolute atomic E-state index is 11.1. The van der Waals surface area contributed by atoms with Gasteiger partial charge < -0.3 is 15.4 Å². The number of hydrogen-bond acceptors (Lipinski definition) is 6. The van der Waals surface area contributed by atoms with E-state index in [9.17, 15) is 10.1 Å². The van der Waals surface area contributed by atoms with Crippen molar-refractivity contribution in [2.45, 2.75) is 38.3 Å². The Morgan fingerprint density at radius 2 is 2.25 bits per heavy atom. The van der Waals surface area contributed by atoms with E-state index in [1.165, 1.54) is 6.07 Å². The molecular weight excluding hydrogens is 260 g/mol. The molecule has 1 aromatic heterocycles. The minimum absolute atomic E-state index is 0.00621. The summed E-state index contributed by atoms with van der Waals surface area (Å²) < 4.78 is 5.65. The highest BCUT2D eigenvalue weighted by Crippen LogP contribution is 2.29. The SMILES string of the molecule is CNc1ccc([N+](=O)[O-])c(NC2CCOC(C)(C)C2)n1. The van der Waals surface area contributed by atoms with Crippen LogP contribution in [-0.4, -0.2) is 35.2 Å². The van der Waals surface area contributed by atoms with Crippen molar-refractivity contribution >= 4 is 17.3 Å². The zero-order valence-corrected chi connectivity index (χ0v) is 12.0. The largest absolute Gasteiger partial charge is 0.375 e. The predicted molar refractivity (Wildman–Crippen MR) is 77.1 cm³/mol. The van der Waals surface area contributed by atoms with Crippen LogP contribution < -0.4 is 10.6 Å². The molecule has 0 bridgehead atoms. The van der Waals surface area contributed by atoms with E-state index in [0.717, 1.165) is 12.8 Å². The van der Waals surface area contributed by atoms with E-state index >= 15 is 0 Å². The van der Waals surface area contributed by atoms with E-state index in [1.54, 1.807) is 13.1 Å². The Kier molecular flexibility index (Phi) is 4.08. The van der Waals surface area contributed by atoms with E-state index in [0.29, 0.717) is 18.2 Å². The molecule has 0 saturated carbocycles. The smallest absolute Gasteiger partial charge is 0.311 e. The zero-order chi connectivity index (χ0) is 14.8. The van der Waals surface area contributed by atoms with Crippen LogP contribution in [0.25, 0.3) is 0 Å². The lowest BCUT2D eigenvalue weighted by Gasteiger charge is -2.35. The van der Waals surface area contributed by atoms with Crippen LogP contribution in [0.4, 0.5) is 17.3 Å². The molecule has 0 radical (unpaired) electrons. The van der Waals surface area contributed by atoms with Crippen molar-refractivity contribution < 1.29 is 9.66 Å². The van der Waals surface area contributed by atoms with Gasteiger partial charge in [-0.25, -0.2) is 4.98 Å². The highest BCUT2D eigenvalue weighted by molar-refractivity contribution is 5.60. The quantitative estimate of drug-likeness (QED) is 0.650. The Bertz CT molecular complexity index is 504. The van der Waals surface area contributed by atoms with E-state index in [2.05, 4.69) is 15.6 Å². The van der Waals surface area contributed by atoms with Gasteiger partial charge in [0.15, 0.2) is 0 Å². The second-order valence-electron chi connectivity index (χ2n) is 5.51. The second kappa shape index (κ2) is 5.62. The average molecular weight is 280 g/mol. The monoisotopic (exact) mass is 280 g/mol. The molecule has 0 aliphatic carbocycles. The molecule has 0 amide bonds. The topological polar surface area (TPSA) is 89.3 Å². The molecule has 1 atom stereocenters. The fourth-order valence-corrected chi connectivity index (χ4v) is 2.39. The highest BCUT2D eigenvalue weighted by atomic mass is 16.6. The molecule has 1 aliphatic heterocycles. The van der Waals surface area contributed by atoms with Crippen LogP contribution in [0.3, 0.4) is 0 Å². The van der Waals surface area contributed by atoms with Gasteiger partial charge >= 0.3 is 5.69 Å². The summed E-state index contributed by atoms with van der Waals surface area (Å²) in [7, 11) is 1.73. The molecule has 1 aromatic rings. The summed E-state index contributed by atoms with van der Waals surface area (Å²) in [6, 6.07) is 3.18. The first-order chi connectivity index (χ1) is 9.41. The summed E-state index contributed by atoms with van der Waals surface area (Å²) in [4.78, 5) is 14.9. The van der Waals surface area contributed by atoms with Gasteiger partial charge in [-0.05, 0) is 32.8 Å². The highest BCUT2D eigenvalue weighted by Gasteiger charge is 2.30. The zero-order valence-electron chi connectivity index (χ0n) is 12.0. The van der Waals surface area contributed by atoms with Gasteiger partial charge in [0.2, 0.25) is 5.82 Å². The number of nitro groups is 1. The van der Waals surface area contributed by atoms with Gasteiger partial charge in [0.25, 0.3) is 0 Å². The summed E-state index contributed by atoms with van der Waals surface area (Å²) in [6.07, 6.45) is 1.60. The van der Waals surface area contributed by atoms with E-state index in [4.69, 9.17) is 4.74 Å². The number of nitrogens with one attached hydrogen (secondary N) is 2. The van der Waals surface area contributed by atoms with Gasteiger partial charge in [-0.1, -0.05) is 0 Å². The lowest BCUT2D eigenvalue weighted by atomic mass is 9.94. The van der Waals surface area contributed by atoms with Crippen molar-refractivity contribution in [2.24, 2.45) is 0 Å². The molecule has 2 N–H and O–H groups in total. The molecule has 2 rings (SSSR count). The predicted octanol–water partition coefficient (Wildman–Crippen LogP) is 2.40. The number of rotatable bonds is 4. The molecular formula is C13H20N4O3. The summed E-state index contributed by atoms with van der Waals surface area (Å²) in [5, 5.41) is 17.1. The number of hydrogen-bond donors (Lipinski definition) is 2. The third-order valence-electron chi connectivity index (χ3n) is 3.36. The molecule has 0 aromatic carbocycles. The molecule has 0 spiro atoms. The third kappa shape index (κ3) is 3.36. The maximum atomic E-state index is 11.1. The van der Waals surface area contributed by atoms with E-state index < -0.39 is 4.92 Å². The van der Waals surface area contributed by atoms with Gasteiger partial charge in [0.05, 0.1) is 10.5 Å². The second-order valence-corrected chi connectivity index (χ2v) is 5.51.